The van der Waals surface area contributed by atoms with Crippen LogP contribution < -0.4 is 5.73 Å². The van der Waals surface area contributed by atoms with Gasteiger partial charge in [-0.15, -0.1) is 0 Å². The second kappa shape index (κ2) is 5.68. The van der Waals surface area contributed by atoms with Crippen molar-refractivity contribution in [3.8, 4) is 0 Å². The first-order valence-corrected chi connectivity index (χ1v) is 7.36. The average Bonchev–Trinajstić information content (AvgIpc) is 2.74. The SMILES string of the molecule is CCCCCN(C)C1(CN)CCN2CCC1C2. The van der Waals surface area contributed by atoms with E-state index in [0.29, 0.717) is 5.54 Å². The van der Waals surface area contributed by atoms with E-state index in [-0.39, 0.29) is 0 Å². The van der Waals surface area contributed by atoms with Crippen LogP contribution in [0.25, 0.3) is 0 Å². The molecule has 2 heterocycles. The molecule has 2 rings (SSSR count). The highest BCUT2D eigenvalue weighted by molar-refractivity contribution is 5.04. The number of piperidine rings is 1. The van der Waals surface area contributed by atoms with Gasteiger partial charge in [0.15, 0.2) is 0 Å². The number of nitrogens with zero attached hydrogens (tertiary/aromatic N) is 2. The monoisotopic (exact) mass is 239 g/mol. The summed E-state index contributed by atoms with van der Waals surface area (Å²) in [5.41, 5.74) is 6.47. The Kier molecular flexibility index (Phi) is 4.45. The number of rotatable bonds is 6. The summed E-state index contributed by atoms with van der Waals surface area (Å²) in [6.45, 7) is 8.18. The summed E-state index contributed by atoms with van der Waals surface area (Å²) in [4.78, 5) is 5.20. The normalized spacial score (nSPS) is 36.7. The van der Waals surface area contributed by atoms with E-state index in [9.17, 15) is 0 Å². The Labute approximate surface area is 106 Å². The Morgan fingerprint density at radius 1 is 1.35 bits per heavy atom. The Hall–Kier alpha value is -0.120. The first-order valence-electron chi connectivity index (χ1n) is 7.36. The molecule has 0 spiro atoms. The molecule has 0 aromatic carbocycles. The zero-order chi connectivity index (χ0) is 12.3. The van der Waals surface area contributed by atoms with E-state index in [1.807, 2.05) is 0 Å². The molecule has 2 bridgehead atoms. The van der Waals surface area contributed by atoms with Gasteiger partial charge in [0.2, 0.25) is 0 Å². The van der Waals surface area contributed by atoms with Crippen molar-refractivity contribution in [2.24, 2.45) is 11.7 Å². The summed E-state index contributed by atoms with van der Waals surface area (Å²) in [6.07, 6.45) is 6.61. The van der Waals surface area contributed by atoms with E-state index >= 15 is 0 Å². The zero-order valence-electron chi connectivity index (χ0n) is 11.6. The molecule has 3 heteroatoms. The lowest BCUT2D eigenvalue weighted by molar-refractivity contribution is 0.0257. The molecule has 0 aliphatic carbocycles. The standard InChI is InChI=1S/C14H29N3/c1-3-4-5-8-16(2)14(12-15)7-10-17-9-6-13(14)11-17/h13H,3-12,15H2,1-2H3. The maximum absolute atomic E-state index is 6.17. The summed E-state index contributed by atoms with van der Waals surface area (Å²) in [5, 5.41) is 0. The van der Waals surface area contributed by atoms with Crippen LogP contribution in [0.3, 0.4) is 0 Å². The van der Waals surface area contributed by atoms with Gasteiger partial charge in [0.05, 0.1) is 0 Å². The number of hydrogen-bond donors (Lipinski definition) is 1. The maximum Gasteiger partial charge on any atom is 0.0381 e. The van der Waals surface area contributed by atoms with Gasteiger partial charge in [-0.25, -0.2) is 0 Å². The van der Waals surface area contributed by atoms with E-state index < -0.39 is 0 Å². The molecule has 2 fully saturated rings. The lowest BCUT2D eigenvalue weighted by Gasteiger charge is -2.48. The highest BCUT2D eigenvalue weighted by Crippen LogP contribution is 2.38. The number of unbranched alkanes of at least 4 members (excludes halogenated alkanes) is 2. The Morgan fingerprint density at radius 2 is 2.18 bits per heavy atom. The van der Waals surface area contributed by atoms with Crippen molar-refractivity contribution < 1.29 is 0 Å². The lowest BCUT2D eigenvalue weighted by Crippen LogP contribution is -2.61. The summed E-state index contributed by atoms with van der Waals surface area (Å²) >= 11 is 0. The van der Waals surface area contributed by atoms with Gasteiger partial charge in [0.25, 0.3) is 0 Å². The van der Waals surface area contributed by atoms with Gasteiger partial charge in [-0.2, -0.15) is 0 Å². The van der Waals surface area contributed by atoms with Crippen molar-refractivity contribution in [3.63, 3.8) is 0 Å². The third kappa shape index (κ3) is 2.51. The number of likely N-dealkylation sites (N-methyl/N-ethyl adjacent to an activating group) is 1. The highest BCUT2D eigenvalue weighted by atomic mass is 15.3. The highest BCUT2D eigenvalue weighted by Gasteiger charge is 2.47. The zero-order valence-corrected chi connectivity index (χ0v) is 11.6. The third-order valence-corrected chi connectivity index (χ3v) is 5.10. The summed E-state index contributed by atoms with van der Waals surface area (Å²) in [7, 11) is 2.30. The Balaban J connectivity index is 1.97. The van der Waals surface area contributed by atoms with Crippen LogP contribution in [0.2, 0.25) is 0 Å². The third-order valence-electron chi connectivity index (χ3n) is 5.10. The fraction of sp³-hybridized carbons (Fsp3) is 1.00. The van der Waals surface area contributed by atoms with Gasteiger partial charge in [0, 0.05) is 18.6 Å². The van der Waals surface area contributed by atoms with Gasteiger partial charge < -0.3 is 10.6 Å². The minimum atomic E-state index is 0.306. The maximum atomic E-state index is 6.17. The molecule has 3 nitrogen and oxygen atoms in total. The summed E-state index contributed by atoms with van der Waals surface area (Å²) < 4.78 is 0. The second-order valence-corrected chi connectivity index (χ2v) is 5.97. The van der Waals surface area contributed by atoms with E-state index in [4.69, 9.17) is 5.73 Å². The predicted octanol–water partition coefficient (Wildman–Crippen LogP) is 1.53. The fourth-order valence-corrected chi connectivity index (χ4v) is 3.78. The van der Waals surface area contributed by atoms with Crippen molar-refractivity contribution in [3.05, 3.63) is 0 Å². The van der Waals surface area contributed by atoms with Gasteiger partial charge >= 0.3 is 0 Å². The topological polar surface area (TPSA) is 32.5 Å². The minimum Gasteiger partial charge on any atom is -0.329 e. The molecule has 0 radical (unpaired) electrons. The fourth-order valence-electron chi connectivity index (χ4n) is 3.78. The smallest absolute Gasteiger partial charge is 0.0381 e. The number of nitrogens with two attached hydrogens (primary N) is 1. The number of fused-ring (bicyclic) bond motifs is 2. The summed E-state index contributed by atoms with van der Waals surface area (Å²) in [6, 6.07) is 0. The predicted molar refractivity (Wildman–Crippen MR) is 73.1 cm³/mol. The van der Waals surface area contributed by atoms with Gasteiger partial charge in [-0.3, -0.25) is 4.90 Å². The van der Waals surface area contributed by atoms with Crippen LogP contribution in [-0.4, -0.2) is 55.1 Å². The van der Waals surface area contributed by atoms with E-state index in [2.05, 4.69) is 23.8 Å². The Bertz CT molecular complexity index is 244. The largest absolute Gasteiger partial charge is 0.329 e. The molecule has 2 N–H and O–H groups in total. The van der Waals surface area contributed by atoms with E-state index in [1.54, 1.807) is 0 Å². The molecule has 3 atom stereocenters. The van der Waals surface area contributed by atoms with Crippen LogP contribution >= 0.6 is 0 Å². The molecule has 2 aliphatic heterocycles. The van der Waals surface area contributed by atoms with Gasteiger partial charge in [0.1, 0.15) is 0 Å². The summed E-state index contributed by atoms with van der Waals surface area (Å²) in [5.74, 6) is 0.813. The molecule has 0 amide bonds. The quantitative estimate of drug-likeness (QED) is 0.714. The van der Waals surface area contributed by atoms with Gasteiger partial charge in [-0.05, 0) is 51.9 Å². The molecular formula is C14H29N3. The van der Waals surface area contributed by atoms with Crippen molar-refractivity contribution >= 4 is 0 Å². The van der Waals surface area contributed by atoms with Crippen LogP contribution in [0.1, 0.15) is 39.0 Å². The van der Waals surface area contributed by atoms with E-state index in [1.165, 1.54) is 58.3 Å². The first-order chi connectivity index (χ1) is 8.23. The molecule has 2 saturated heterocycles. The van der Waals surface area contributed by atoms with Crippen molar-refractivity contribution in [1.82, 2.24) is 9.80 Å². The number of hydrogen-bond acceptors (Lipinski definition) is 3. The molecule has 100 valence electrons. The van der Waals surface area contributed by atoms with Crippen LogP contribution in [0.15, 0.2) is 0 Å². The van der Waals surface area contributed by atoms with Crippen molar-refractivity contribution in [2.45, 2.75) is 44.6 Å². The van der Waals surface area contributed by atoms with Crippen LogP contribution in [0.5, 0.6) is 0 Å². The lowest BCUT2D eigenvalue weighted by atomic mass is 9.77. The molecule has 0 saturated carbocycles. The van der Waals surface area contributed by atoms with Gasteiger partial charge in [-0.1, -0.05) is 19.8 Å². The molecule has 3 unspecified atom stereocenters. The van der Waals surface area contributed by atoms with Crippen LogP contribution in [0.4, 0.5) is 0 Å². The first kappa shape index (κ1) is 13.3. The Morgan fingerprint density at radius 3 is 2.88 bits per heavy atom. The van der Waals surface area contributed by atoms with Crippen LogP contribution in [0, 0.1) is 5.92 Å². The van der Waals surface area contributed by atoms with Crippen LogP contribution in [-0.2, 0) is 0 Å². The molecule has 0 aromatic heterocycles. The average molecular weight is 239 g/mol. The molecule has 0 aromatic rings. The van der Waals surface area contributed by atoms with Crippen molar-refractivity contribution in [1.29, 1.82) is 0 Å². The molecular weight excluding hydrogens is 210 g/mol. The molecule has 17 heavy (non-hydrogen) atoms. The van der Waals surface area contributed by atoms with Crippen molar-refractivity contribution in [2.75, 3.05) is 39.8 Å². The minimum absolute atomic E-state index is 0.306. The van der Waals surface area contributed by atoms with E-state index in [0.717, 1.165) is 12.5 Å². The second-order valence-electron chi connectivity index (χ2n) is 5.97. The molecule has 2 aliphatic rings.